The molecule has 0 unspecified atom stereocenters. The third-order valence-corrected chi connectivity index (χ3v) is 1.68. The second kappa shape index (κ2) is 2.95. The molecule has 0 radical (unpaired) electrons. The van der Waals surface area contributed by atoms with Gasteiger partial charge in [0.25, 0.3) is 0 Å². The molecule has 14 heavy (non-hydrogen) atoms. The third-order valence-electron chi connectivity index (χ3n) is 1.68. The Labute approximate surface area is 78.2 Å². The minimum absolute atomic E-state index is 0.102. The second-order valence-corrected chi connectivity index (χ2v) is 2.70. The molecule has 7 nitrogen and oxygen atoms in total. The van der Waals surface area contributed by atoms with Crippen LogP contribution in [0.15, 0.2) is 12.5 Å². The lowest BCUT2D eigenvalue weighted by Crippen LogP contribution is -2.08. The van der Waals surface area contributed by atoms with Crippen molar-refractivity contribution in [3.63, 3.8) is 0 Å². The van der Waals surface area contributed by atoms with E-state index in [1.54, 1.807) is 0 Å². The van der Waals surface area contributed by atoms with E-state index in [4.69, 9.17) is 10.8 Å². The van der Waals surface area contributed by atoms with Gasteiger partial charge in [0.2, 0.25) is 5.95 Å². The first-order valence-corrected chi connectivity index (χ1v) is 3.82. The summed E-state index contributed by atoms with van der Waals surface area (Å²) in [6.07, 6.45) is 2.85. The van der Waals surface area contributed by atoms with Crippen LogP contribution in [0.25, 0.3) is 11.2 Å². The number of hydrogen-bond acceptors (Lipinski definition) is 5. The molecular weight excluding hydrogens is 186 g/mol. The number of carbonyl (C=O) groups is 1. The summed E-state index contributed by atoms with van der Waals surface area (Å²) in [6, 6.07) is 0. The second-order valence-electron chi connectivity index (χ2n) is 2.70. The van der Waals surface area contributed by atoms with E-state index < -0.39 is 5.97 Å². The quantitative estimate of drug-likeness (QED) is 0.665. The van der Waals surface area contributed by atoms with Gasteiger partial charge in [0.05, 0.1) is 12.5 Å². The van der Waals surface area contributed by atoms with E-state index >= 15 is 0 Å². The highest BCUT2D eigenvalue weighted by atomic mass is 16.4. The van der Waals surface area contributed by atoms with Gasteiger partial charge in [-0.2, -0.15) is 4.98 Å². The maximum atomic E-state index is 10.5. The van der Waals surface area contributed by atoms with Crippen LogP contribution in [0, 0.1) is 0 Å². The molecule has 7 heteroatoms. The van der Waals surface area contributed by atoms with E-state index in [2.05, 4.69) is 15.0 Å². The molecule has 2 rings (SSSR count). The van der Waals surface area contributed by atoms with Crippen LogP contribution in [0.2, 0.25) is 0 Å². The molecule has 0 spiro atoms. The van der Waals surface area contributed by atoms with E-state index in [0.29, 0.717) is 11.2 Å². The van der Waals surface area contributed by atoms with Crippen molar-refractivity contribution in [1.82, 2.24) is 19.5 Å². The summed E-state index contributed by atoms with van der Waals surface area (Å²) in [4.78, 5) is 22.0. The molecule has 0 aliphatic rings. The summed E-state index contributed by atoms with van der Waals surface area (Å²) in [5.41, 5.74) is 6.33. The summed E-state index contributed by atoms with van der Waals surface area (Å²) in [6.45, 7) is -0.188. The fraction of sp³-hybridized carbons (Fsp3) is 0.143. The number of nitrogen functional groups attached to an aromatic ring is 1. The SMILES string of the molecule is Nc1ncc2ncn(CC(=O)O)c2n1. The van der Waals surface area contributed by atoms with Crippen molar-refractivity contribution in [2.75, 3.05) is 5.73 Å². The molecule has 0 aliphatic heterocycles. The number of aromatic nitrogens is 4. The smallest absolute Gasteiger partial charge is 0.323 e. The lowest BCUT2D eigenvalue weighted by atomic mass is 10.5. The van der Waals surface area contributed by atoms with E-state index in [9.17, 15) is 4.79 Å². The molecule has 0 atom stereocenters. The largest absolute Gasteiger partial charge is 0.480 e. The van der Waals surface area contributed by atoms with Crippen LogP contribution in [0.1, 0.15) is 0 Å². The average molecular weight is 193 g/mol. The third kappa shape index (κ3) is 1.35. The zero-order chi connectivity index (χ0) is 10.1. The van der Waals surface area contributed by atoms with Gasteiger partial charge in [0.1, 0.15) is 12.1 Å². The Bertz CT molecular complexity index is 492. The van der Waals surface area contributed by atoms with Gasteiger partial charge in [0.15, 0.2) is 5.65 Å². The summed E-state index contributed by atoms with van der Waals surface area (Å²) >= 11 is 0. The molecule has 0 amide bonds. The predicted octanol–water partition coefficient (Wildman–Crippen LogP) is -0.507. The van der Waals surface area contributed by atoms with Gasteiger partial charge in [-0.1, -0.05) is 0 Å². The number of rotatable bonds is 2. The fourth-order valence-corrected chi connectivity index (χ4v) is 1.13. The van der Waals surface area contributed by atoms with Crippen LogP contribution < -0.4 is 5.73 Å². The van der Waals surface area contributed by atoms with Crippen LogP contribution in [0.3, 0.4) is 0 Å². The van der Waals surface area contributed by atoms with Gasteiger partial charge in [-0.05, 0) is 0 Å². The molecule has 72 valence electrons. The van der Waals surface area contributed by atoms with Crippen molar-refractivity contribution in [3.05, 3.63) is 12.5 Å². The van der Waals surface area contributed by atoms with Crippen molar-refractivity contribution in [1.29, 1.82) is 0 Å². The number of anilines is 1. The van der Waals surface area contributed by atoms with E-state index in [1.807, 2.05) is 0 Å². The molecule has 0 aromatic carbocycles. The zero-order valence-corrected chi connectivity index (χ0v) is 7.08. The number of hydrogen-bond donors (Lipinski definition) is 2. The van der Waals surface area contributed by atoms with Crippen LogP contribution in [0.5, 0.6) is 0 Å². The maximum Gasteiger partial charge on any atom is 0.323 e. The van der Waals surface area contributed by atoms with Crippen LogP contribution in [-0.2, 0) is 11.3 Å². The Morgan fingerprint density at radius 1 is 1.57 bits per heavy atom. The van der Waals surface area contributed by atoms with Crippen molar-refractivity contribution >= 4 is 23.1 Å². The van der Waals surface area contributed by atoms with Gasteiger partial charge < -0.3 is 15.4 Å². The number of imidazole rings is 1. The highest BCUT2D eigenvalue weighted by molar-refractivity contribution is 5.74. The molecule has 2 heterocycles. The Hall–Kier alpha value is -2.18. The molecule has 2 aromatic rings. The van der Waals surface area contributed by atoms with Crippen molar-refractivity contribution < 1.29 is 9.90 Å². The molecule has 0 aliphatic carbocycles. The number of nitrogens with zero attached hydrogens (tertiary/aromatic N) is 4. The number of carboxylic acid groups (broad SMARTS) is 1. The van der Waals surface area contributed by atoms with Gasteiger partial charge in [-0.15, -0.1) is 0 Å². The van der Waals surface area contributed by atoms with Crippen LogP contribution in [0.4, 0.5) is 5.95 Å². The minimum atomic E-state index is -0.957. The van der Waals surface area contributed by atoms with E-state index in [1.165, 1.54) is 17.1 Å². The molecule has 0 bridgehead atoms. The van der Waals surface area contributed by atoms with Gasteiger partial charge in [-0.25, -0.2) is 9.97 Å². The summed E-state index contributed by atoms with van der Waals surface area (Å²) in [5.74, 6) is -0.855. The molecule has 3 N–H and O–H groups in total. The van der Waals surface area contributed by atoms with Gasteiger partial charge >= 0.3 is 5.97 Å². The number of aliphatic carboxylic acids is 1. The first-order chi connectivity index (χ1) is 6.66. The highest BCUT2D eigenvalue weighted by Gasteiger charge is 2.07. The molecule has 0 fully saturated rings. The molecule has 0 saturated heterocycles. The van der Waals surface area contributed by atoms with Crippen molar-refractivity contribution in [2.45, 2.75) is 6.54 Å². The fourth-order valence-electron chi connectivity index (χ4n) is 1.13. The normalized spacial score (nSPS) is 10.6. The van der Waals surface area contributed by atoms with Gasteiger partial charge in [0, 0.05) is 0 Å². The topological polar surface area (TPSA) is 107 Å². The Balaban J connectivity index is 2.55. The van der Waals surface area contributed by atoms with Crippen LogP contribution >= 0.6 is 0 Å². The predicted molar refractivity (Wildman–Crippen MR) is 47.4 cm³/mol. The minimum Gasteiger partial charge on any atom is -0.480 e. The average Bonchev–Trinajstić information content (AvgIpc) is 2.47. The summed E-state index contributed by atoms with van der Waals surface area (Å²) in [5, 5.41) is 8.59. The maximum absolute atomic E-state index is 10.5. The van der Waals surface area contributed by atoms with Crippen LogP contribution in [-0.4, -0.2) is 30.6 Å². The Morgan fingerprint density at radius 2 is 2.36 bits per heavy atom. The van der Waals surface area contributed by atoms with Gasteiger partial charge in [-0.3, -0.25) is 4.79 Å². The summed E-state index contributed by atoms with van der Waals surface area (Å²) in [7, 11) is 0. The first kappa shape index (κ1) is 8.42. The highest BCUT2D eigenvalue weighted by Crippen LogP contribution is 2.09. The van der Waals surface area contributed by atoms with E-state index in [0.717, 1.165) is 0 Å². The standard InChI is InChI=1S/C7H7N5O2/c8-7-9-1-4-6(11-7)12(3-10-4)2-5(13)14/h1,3H,2H2,(H,13,14)(H2,8,9,11). The monoisotopic (exact) mass is 193 g/mol. The first-order valence-electron chi connectivity index (χ1n) is 3.82. The Morgan fingerprint density at radius 3 is 3.07 bits per heavy atom. The lowest BCUT2D eigenvalue weighted by molar-refractivity contribution is -0.137. The van der Waals surface area contributed by atoms with E-state index in [-0.39, 0.29) is 12.5 Å². The van der Waals surface area contributed by atoms with Crippen molar-refractivity contribution in [2.24, 2.45) is 0 Å². The number of fused-ring (bicyclic) bond motifs is 1. The van der Waals surface area contributed by atoms with Crippen molar-refractivity contribution in [3.8, 4) is 0 Å². The molecule has 0 saturated carbocycles. The zero-order valence-electron chi connectivity index (χ0n) is 7.08. The molecular formula is C7H7N5O2. The summed E-state index contributed by atoms with van der Waals surface area (Å²) < 4.78 is 1.40. The lowest BCUT2D eigenvalue weighted by Gasteiger charge is -1.98. The number of carboxylic acids is 1. The molecule has 2 aromatic heterocycles. The number of nitrogens with two attached hydrogens (primary N) is 1. The Kier molecular flexibility index (Phi) is 1.77.